The van der Waals surface area contributed by atoms with Crippen molar-refractivity contribution in [1.82, 2.24) is 15.1 Å². The summed E-state index contributed by atoms with van der Waals surface area (Å²) in [6, 6.07) is 0. The van der Waals surface area contributed by atoms with E-state index in [1.165, 1.54) is 31.2 Å². The van der Waals surface area contributed by atoms with Crippen LogP contribution in [-0.4, -0.2) is 16.3 Å². The summed E-state index contributed by atoms with van der Waals surface area (Å²) in [6.45, 7) is 6.66. The molecule has 1 atom stereocenters. The molecule has 1 fully saturated rings. The molecule has 1 saturated heterocycles. The lowest BCUT2D eigenvalue weighted by atomic mass is 9.90. The Labute approximate surface area is 98.2 Å². The van der Waals surface area contributed by atoms with Gasteiger partial charge in [-0.3, -0.25) is 4.68 Å². The summed E-state index contributed by atoms with van der Waals surface area (Å²) in [4.78, 5) is 0. The molecule has 1 aliphatic heterocycles. The molecule has 2 heterocycles. The summed E-state index contributed by atoms with van der Waals surface area (Å²) >= 11 is 0. The number of hydrogen-bond acceptors (Lipinski definition) is 2. The summed E-state index contributed by atoms with van der Waals surface area (Å²) in [5, 5.41) is 8.11. The first kappa shape index (κ1) is 11.6. The fourth-order valence-corrected chi connectivity index (χ4v) is 2.48. The molecule has 0 radical (unpaired) electrons. The minimum Gasteiger partial charge on any atom is -0.308 e. The van der Waals surface area contributed by atoms with Crippen LogP contribution in [0.25, 0.3) is 0 Å². The molecule has 2 rings (SSSR count). The Morgan fingerprint density at radius 2 is 2.31 bits per heavy atom. The van der Waals surface area contributed by atoms with Gasteiger partial charge >= 0.3 is 0 Å². The van der Waals surface area contributed by atoms with E-state index in [4.69, 9.17) is 0 Å². The van der Waals surface area contributed by atoms with Crippen LogP contribution in [0.4, 0.5) is 0 Å². The van der Waals surface area contributed by atoms with E-state index in [1.807, 2.05) is 6.20 Å². The van der Waals surface area contributed by atoms with Gasteiger partial charge in [0.15, 0.2) is 0 Å². The average molecular weight is 221 g/mol. The summed E-state index contributed by atoms with van der Waals surface area (Å²) in [5.41, 5.74) is 1.49. The highest BCUT2D eigenvalue weighted by Gasteiger charge is 2.28. The monoisotopic (exact) mass is 221 g/mol. The number of nitrogens with one attached hydrogen (secondary N) is 1. The van der Waals surface area contributed by atoms with E-state index in [0.717, 1.165) is 19.5 Å². The van der Waals surface area contributed by atoms with Crippen molar-refractivity contribution in [3.05, 3.63) is 18.0 Å². The van der Waals surface area contributed by atoms with Crippen molar-refractivity contribution < 1.29 is 0 Å². The lowest BCUT2D eigenvalue weighted by Gasteiger charge is -2.28. The number of nitrogens with zero attached hydrogens (tertiary/aromatic N) is 2. The molecule has 3 heteroatoms. The zero-order chi connectivity index (χ0) is 11.4. The summed E-state index contributed by atoms with van der Waals surface area (Å²) in [6.07, 6.45) is 10.6. The molecule has 1 N–H and O–H groups in total. The largest absolute Gasteiger partial charge is 0.308 e. The summed E-state index contributed by atoms with van der Waals surface area (Å²) in [5.74, 6) is 0. The summed E-state index contributed by atoms with van der Waals surface area (Å²) < 4.78 is 2.06. The summed E-state index contributed by atoms with van der Waals surface area (Å²) in [7, 11) is 0. The normalized spacial score (nSPS) is 26.6. The Kier molecular flexibility index (Phi) is 3.64. The molecule has 0 saturated carbocycles. The number of aromatic nitrogens is 2. The highest BCUT2D eigenvalue weighted by molar-refractivity contribution is 5.17. The molecule has 0 spiro atoms. The van der Waals surface area contributed by atoms with Gasteiger partial charge < -0.3 is 5.32 Å². The molecule has 90 valence electrons. The van der Waals surface area contributed by atoms with Crippen molar-refractivity contribution in [3.8, 4) is 0 Å². The maximum Gasteiger partial charge on any atom is 0.0540 e. The predicted molar refractivity (Wildman–Crippen MR) is 66.3 cm³/mol. The lowest BCUT2D eigenvalue weighted by molar-refractivity contribution is 0.359. The van der Waals surface area contributed by atoms with Gasteiger partial charge in [-0.1, -0.05) is 19.8 Å². The van der Waals surface area contributed by atoms with E-state index in [1.54, 1.807) is 0 Å². The van der Waals surface area contributed by atoms with E-state index >= 15 is 0 Å². The Balaban J connectivity index is 2.13. The fraction of sp³-hybridized carbons (Fsp3) is 0.769. The third-order valence-electron chi connectivity index (χ3n) is 3.59. The van der Waals surface area contributed by atoms with Gasteiger partial charge in [-0.05, 0) is 32.7 Å². The van der Waals surface area contributed by atoms with Crippen molar-refractivity contribution in [2.75, 3.05) is 6.54 Å². The van der Waals surface area contributed by atoms with Gasteiger partial charge in [0.05, 0.1) is 6.20 Å². The first-order chi connectivity index (χ1) is 7.74. The van der Waals surface area contributed by atoms with Crippen molar-refractivity contribution in [2.24, 2.45) is 0 Å². The van der Waals surface area contributed by atoms with Crippen LogP contribution in [0.5, 0.6) is 0 Å². The van der Waals surface area contributed by atoms with Gasteiger partial charge in [0.1, 0.15) is 0 Å². The smallest absolute Gasteiger partial charge is 0.0540 e. The molecule has 1 aromatic heterocycles. The van der Waals surface area contributed by atoms with Gasteiger partial charge in [0.2, 0.25) is 0 Å². The van der Waals surface area contributed by atoms with E-state index in [0.29, 0.717) is 0 Å². The second-order valence-corrected chi connectivity index (χ2v) is 5.06. The zero-order valence-electron chi connectivity index (χ0n) is 10.5. The van der Waals surface area contributed by atoms with E-state index in [2.05, 4.69) is 35.1 Å². The first-order valence-corrected chi connectivity index (χ1v) is 6.52. The van der Waals surface area contributed by atoms with Crippen molar-refractivity contribution in [2.45, 2.75) is 58.0 Å². The maximum absolute atomic E-state index is 4.43. The Hall–Kier alpha value is -0.830. The molecular formula is C13H23N3. The minimum absolute atomic E-state index is 0.141. The van der Waals surface area contributed by atoms with E-state index in [-0.39, 0.29) is 5.54 Å². The van der Waals surface area contributed by atoms with Gasteiger partial charge in [-0.25, -0.2) is 0 Å². The first-order valence-electron chi connectivity index (χ1n) is 6.52. The van der Waals surface area contributed by atoms with Crippen LogP contribution in [0.2, 0.25) is 0 Å². The van der Waals surface area contributed by atoms with Gasteiger partial charge in [0.25, 0.3) is 0 Å². The van der Waals surface area contributed by atoms with Crippen LogP contribution < -0.4 is 5.32 Å². The quantitative estimate of drug-likeness (QED) is 0.850. The molecule has 0 amide bonds. The number of aryl methyl sites for hydroxylation is 1. The van der Waals surface area contributed by atoms with E-state index < -0.39 is 0 Å². The standard InChI is InChI=1S/C13H23N3/c1-3-9-16-11-12(10-15-16)13(2)7-5-4-6-8-14-13/h10-11,14H,3-9H2,1-2H3. The zero-order valence-corrected chi connectivity index (χ0v) is 10.5. The van der Waals surface area contributed by atoms with Crippen LogP contribution in [0, 0.1) is 0 Å². The van der Waals surface area contributed by atoms with Gasteiger partial charge in [0, 0.05) is 23.8 Å². The van der Waals surface area contributed by atoms with Crippen LogP contribution in [0.1, 0.15) is 51.5 Å². The molecule has 0 bridgehead atoms. The topological polar surface area (TPSA) is 29.9 Å². The minimum atomic E-state index is 0.141. The maximum atomic E-state index is 4.43. The van der Waals surface area contributed by atoms with Crippen LogP contribution in [0.3, 0.4) is 0 Å². The third-order valence-corrected chi connectivity index (χ3v) is 3.59. The molecular weight excluding hydrogens is 198 g/mol. The predicted octanol–water partition coefficient (Wildman–Crippen LogP) is 2.67. The SMILES string of the molecule is CCCn1cc(C2(C)CCCCCN2)cn1. The highest BCUT2D eigenvalue weighted by Crippen LogP contribution is 2.28. The Morgan fingerprint density at radius 3 is 3.12 bits per heavy atom. The second-order valence-electron chi connectivity index (χ2n) is 5.06. The van der Waals surface area contributed by atoms with Crippen molar-refractivity contribution >= 4 is 0 Å². The van der Waals surface area contributed by atoms with Crippen molar-refractivity contribution in [1.29, 1.82) is 0 Å². The molecule has 1 aliphatic rings. The van der Waals surface area contributed by atoms with Gasteiger partial charge in [-0.15, -0.1) is 0 Å². The van der Waals surface area contributed by atoms with Crippen LogP contribution in [-0.2, 0) is 12.1 Å². The fourth-order valence-electron chi connectivity index (χ4n) is 2.48. The lowest BCUT2D eigenvalue weighted by Crippen LogP contribution is -2.38. The number of rotatable bonds is 3. The Morgan fingerprint density at radius 1 is 1.44 bits per heavy atom. The number of hydrogen-bond donors (Lipinski definition) is 1. The average Bonchev–Trinajstić information content (AvgIpc) is 2.63. The second kappa shape index (κ2) is 5.00. The molecule has 1 aromatic rings. The molecule has 16 heavy (non-hydrogen) atoms. The molecule has 3 nitrogen and oxygen atoms in total. The van der Waals surface area contributed by atoms with Crippen molar-refractivity contribution in [3.63, 3.8) is 0 Å². The van der Waals surface area contributed by atoms with Crippen LogP contribution in [0.15, 0.2) is 12.4 Å². The third kappa shape index (κ3) is 2.46. The molecule has 1 unspecified atom stereocenters. The van der Waals surface area contributed by atoms with E-state index in [9.17, 15) is 0 Å². The van der Waals surface area contributed by atoms with Crippen LogP contribution >= 0.6 is 0 Å². The highest BCUT2D eigenvalue weighted by atomic mass is 15.3. The molecule has 0 aromatic carbocycles. The van der Waals surface area contributed by atoms with Gasteiger partial charge in [-0.2, -0.15) is 5.10 Å². The molecule has 0 aliphatic carbocycles. The Bertz CT molecular complexity index is 322.